The molecule has 2 aromatic heterocycles. The molecule has 0 bridgehead atoms. The average Bonchev–Trinajstić information content (AvgIpc) is 3.15. The molecule has 0 radical (unpaired) electrons. The molecule has 0 aliphatic carbocycles. The second-order valence-electron chi connectivity index (χ2n) is 4.65. The fourth-order valence-electron chi connectivity index (χ4n) is 1.97. The van der Waals surface area contributed by atoms with E-state index in [1.807, 2.05) is 43.6 Å². The summed E-state index contributed by atoms with van der Waals surface area (Å²) in [5.74, 6) is -0.0824. The van der Waals surface area contributed by atoms with E-state index in [1.54, 1.807) is 34.0 Å². The number of para-hydroxylation sites is 1. The highest BCUT2D eigenvalue weighted by Gasteiger charge is 2.06. The zero-order chi connectivity index (χ0) is 14.7. The van der Waals surface area contributed by atoms with Crippen LogP contribution >= 0.6 is 0 Å². The summed E-state index contributed by atoms with van der Waals surface area (Å²) < 4.78 is 3.38. The van der Waals surface area contributed by atoms with Gasteiger partial charge in [0.05, 0.1) is 23.6 Å². The summed E-state index contributed by atoms with van der Waals surface area (Å²) in [7, 11) is 1.84. The maximum atomic E-state index is 12.1. The van der Waals surface area contributed by atoms with Crippen molar-refractivity contribution in [2.75, 3.05) is 0 Å². The molecule has 0 atom stereocenters. The molecule has 0 saturated carbocycles. The van der Waals surface area contributed by atoms with Crippen LogP contribution in [0, 0.1) is 0 Å². The number of aryl methyl sites for hydroxylation is 1. The van der Waals surface area contributed by atoms with Gasteiger partial charge in [-0.3, -0.25) is 9.48 Å². The largest absolute Gasteiger partial charge is 0.289 e. The monoisotopic (exact) mass is 278 g/mol. The van der Waals surface area contributed by atoms with Crippen molar-refractivity contribution in [3.63, 3.8) is 0 Å². The lowest BCUT2D eigenvalue weighted by atomic mass is 10.2. The van der Waals surface area contributed by atoms with E-state index in [4.69, 9.17) is 0 Å². The minimum absolute atomic E-state index is 0.0824. The first-order chi connectivity index (χ1) is 10.2. The van der Waals surface area contributed by atoms with Gasteiger partial charge in [0.1, 0.15) is 0 Å². The molecule has 0 saturated heterocycles. The second kappa shape index (κ2) is 5.58. The summed E-state index contributed by atoms with van der Waals surface area (Å²) in [5.41, 5.74) is 2.37. The third-order valence-electron chi connectivity index (χ3n) is 3.04. The van der Waals surface area contributed by atoms with Crippen LogP contribution in [0.1, 0.15) is 15.9 Å². The standard InChI is InChI=1S/C16H14N4O/c1-19-11-13(9-17-19)7-8-16(21)14-10-18-20(12-14)15-5-3-2-4-6-15/h2-12H,1H3. The van der Waals surface area contributed by atoms with Crippen LogP contribution in [0.25, 0.3) is 11.8 Å². The second-order valence-corrected chi connectivity index (χ2v) is 4.65. The Labute approximate surface area is 122 Å². The number of ketones is 1. The molecule has 3 aromatic rings. The normalized spacial score (nSPS) is 11.1. The lowest BCUT2D eigenvalue weighted by Gasteiger charge is -1.98. The summed E-state index contributed by atoms with van der Waals surface area (Å²) in [4.78, 5) is 12.1. The van der Waals surface area contributed by atoms with E-state index in [0.717, 1.165) is 11.3 Å². The van der Waals surface area contributed by atoms with E-state index in [2.05, 4.69) is 10.2 Å². The van der Waals surface area contributed by atoms with Crippen LogP contribution in [0.3, 0.4) is 0 Å². The van der Waals surface area contributed by atoms with Crippen LogP contribution in [0.4, 0.5) is 0 Å². The molecule has 0 amide bonds. The predicted octanol–water partition coefficient (Wildman–Crippen LogP) is 2.50. The molecule has 0 aliphatic heterocycles. The molecule has 5 nitrogen and oxygen atoms in total. The number of hydrogen-bond acceptors (Lipinski definition) is 3. The van der Waals surface area contributed by atoms with Gasteiger partial charge in [0.2, 0.25) is 0 Å². The maximum Gasteiger partial charge on any atom is 0.189 e. The molecule has 21 heavy (non-hydrogen) atoms. The minimum Gasteiger partial charge on any atom is -0.289 e. The molecule has 104 valence electrons. The number of nitrogens with zero attached hydrogens (tertiary/aromatic N) is 4. The quantitative estimate of drug-likeness (QED) is 0.544. The summed E-state index contributed by atoms with van der Waals surface area (Å²) in [6.07, 6.45) is 10.1. The van der Waals surface area contributed by atoms with Crippen LogP contribution in [0.5, 0.6) is 0 Å². The summed E-state index contributed by atoms with van der Waals surface area (Å²) >= 11 is 0. The molecule has 3 rings (SSSR count). The number of aromatic nitrogens is 4. The molecule has 0 N–H and O–H groups in total. The summed E-state index contributed by atoms with van der Waals surface area (Å²) in [6, 6.07) is 9.68. The fourth-order valence-corrected chi connectivity index (χ4v) is 1.97. The first kappa shape index (κ1) is 13.1. The molecule has 2 heterocycles. The molecule has 0 unspecified atom stereocenters. The smallest absolute Gasteiger partial charge is 0.189 e. The third-order valence-corrected chi connectivity index (χ3v) is 3.04. The first-order valence-corrected chi connectivity index (χ1v) is 6.53. The predicted molar refractivity (Wildman–Crippen MR) is 80.1 cm³/mol. The van der Waals surface area contributed by atoms with Crippen molar-refractivity contribution in [1.29, 1.82) is 0 Å². The van der Waals surface area contributed by atoms with Crippen molar-refractivity contribution >= 4 is 11.9 Å². The Kier molecular flexibility index (Phi) is 3.47. The van der Waals surface area contributed by atoms with Crippen molar-refractivity contribution in [3.8, 4) is 5.69 Å². The van der Waals surface area contributed by atoms with Crippen molar-refractivity contribution in [3.05, 3.63) is 72.3 Å². The Morgan fingerprint density at radius 1 is 1.10 bits per heavy atom. The highest BCUT2D eigenvalue weighted by molar-refractivity contribution is 6.06. The van der Waals surface area contributed by atoms with Crippen molar-refractivity contribution < 1.29 is 4.79 Å². The van der Waals surface area contributed by atoms with Gasteiger partial charge in [0, 0.05) is 25.0 Å². The lowest BCUT2D eigenvalue weighted by Crippen LogP contribution is -1.94. The molecule has 0 aliphatic rings. The van der Waals surface area contributed by atoms with Gasteiger partial charge in [0.15, 0.2) is 5.78 Å². The minimum atomic E-state index is -0.0824. The Balaban J connectivity index is 1.77. The Morgan fingerprint density at radius 3 is 2.62 bits per heavy atom. The average molecular weight is 278 g/mol. The molecule has 0 fully saturated rings. The van der Waals surface area contributed by atoms with Gasteiger partial charge >= 0.3 is 0 Å². The number of hydrogen-bond donors (Lipinski definition) is 0. The van der Waals surface area contributed by atoms with Crippen LogP contribution < -0.4 is 0 Å². The van der Waals surface area contributed by atoms with E-state index >= 15 is 0 Å². The zero-order valence-corrected chi connectivity index (χ0v) is 11.5. The van der Waals surface area contributed by atoms with E-state index < -0.39 is 0 Å². The third kappa shape index (κ3) is 2.97. The molecular weight excluding hydrogens is 264 g/mol. The summed E-state index contributed by atoms with van der Waals surface area (Å²) in [6.45, 7) is 0. The first-order valence-electron chi connectivity index (χ1n) is 6.53. The molecule has 1 aromatic carbocycles. The maximum absolute atomic E-state index is 12.1. The van der Waals surface area contributed by atoms with Gasteiger partial charge in [-0.25, -0.2) is 4.68 Å². The van der Waals surface area contributed by atoms with Gasteiger partial charge in [-0.15, -0.1) is 0 Å². The van der Waals surface area contributed by atoms with Gasteiger partial charge in [-0.1, -0.05) is 18.2 Å². The van der Waals surface area contributed by atoms with E-state index in [9.17, 15) is 4.79 Å². The highest BCUT2D eigenvalue weighted by atomic mass is 16.1. The Morgan fingerprint density at radius 2 is 1.90 bits per heavy atom. The van der Waals surface area contributed by atoms with Crippen LogP contribution in [0.2, 0.25) is 0 Å². The SMILES string of the molecule is Cn1cc(C=CC(=O)c2cnn(-c3ccccc3)c2)cn1. The number of carbonyl (C=O) groups excluding carboxylic acids is 1. The number of carbonyl (C=O) groups is 1. The topological polar surface area (TPSA) is 52.7 Å². The summed E-state index contributed by atoms with van der Waals surface area (Å²) in [5, 5.41) is 8.26. The number of rotatable bonds is 4. The Hall–Kier alpha value is -2.95. The lowest BCUT2D eigenvalue weighted by molar-refractivity contribution is 0.104. The van der Waals surface area contributed by atoms with Gasteiger partial charge in [-0.2, -0.15) is 10.2 Å². The van der Waals surface area contributed by atoms with E-state index in [1.165, 1.54) is 6.08 Å². The van der Waals surface area contributed by atoms with Crippen LogP contribution in [0.15, 0.2) is 61.2 Å². The van der Waals surface area contributed by atoms with Crippen molar-refractivity contribution in [1.82, 2.24) is 19.6 Å². The number of allylic oxidation sites excluding steroid dienone is 1. The van der Waals surface area contributed by atoms with Gasteiger partial charge < -0.3 is 0 Å². The van der Waals surface area contributed by atoms with E-state index in [-0.39, 0.29) is 5.78 Å². The van der Waals surface area contributed by atoms with Gasteiger partial charge in [0.25, 0.3) is 0 Å². The molecule has 5 heteroatoms. The van der Waals surface area contributed by atoms with Crippen LogP contribution in [-0.2, 0) is 7.05 Å². The molecular formula is C16H14N4O. The van der Waals surface area contributed by atoms with Crippen molar-refractivity contribution in [2.45, 2.75) is 0 Å². The Bertz CT molecular complexity index is 783. The zero-order valence-electron chi connectivity index (χ0n) is 11.5. The fraction of sp³-hybridized carbons (Fsp3) is 0.0625. The highest BCUT2D eigenvalue weighted by Crippen LogP contribution is 2.09. The molecule has 0 spiro atoms. The number of benzene rings is 1. The van der Waals surface area contributed by atoms with Crippen molar-refractivity contribution in [2.24, 2.45) is 7.05 Å². The van der Waals surface area contributed by atoms with E-state index in [0.29, 0.717) is 5.56 Å². The van der Waals surface area contributed by atoms with Crippen LogP contribution in [-0.4, -0.2) is 25.3 Å². The van der Waals surface area contributed by atoms with Gasteiger partial charge in [-0.05, 0) is 24.3 Å².